The highest BCUT2D eigenvalue weighted by Gasteiger charge is 2.24. The number of carboxylic acid groups (broad SMARTS) is 1. The second kappa shape index (κ2) is 4.36. The van der Waals surface area contributed by atoms with E-state index in [1.807, 2.05) is 12.1 Å². The molecule has 2 rings (SSSR count). The maximum atomic E-state index is 10.9. The molecule has 1 N–H and O–H groups in total. The van der Waals surface area contributed by atoms with Gasteiger partial charge in [-0.2, -0.15) is 0 Å². The van der Waals surface area contributed by atoms with Crippen molar-refractivity contribution in [2.45, 2.75) is 26.7 Å². The lowest BCUT2D eigenvalue weighted by Gasteiger charge is -2.12. The minimum atomic E-state index is -0.941. The Morgan fingerprint density at radius 2 is 2.00 bits per heavy atom. The second-order valence-electron chi connectivity index (χ2n) is 5.18. The van der Waals surface area contributed by atoms with E-state index >= 15 is 0 Å². The van der Waals surface area contributed by atoms with E-state index in [1.165, 1.54) is 11.1 Å². The zero-order valence-corrected chi connectivity index (χ0v) is 10.4. The third-order valence-electron chi connectivity index (χ3n) is 3.72. The van der Waals surface area contributed by atoms with Crippen molar-refractivity contribution >= 4 is 11.5 Å². The third-order valence-corrected chi connectivity index (χ3v) is 3.72. The van der Waals surface area contributed by atoms with Crippen LogP contribution >= 0.6 is 0 Å². The number of fused-ring (bicyclic) bond motifs is 1. The molecular formula is C15H18O2. The zero-order valence-electron chi connectivity index (χ0n) is 10.4. The van der Waals surface area contributed by atoms with Crippen molar-refractivity contribution < 1.29 is 9.90 Å². The van der Waals surface area contributed by atoms with Gasteiger partial charge in [0.05, 0.1) is 5.57 Å². The van der Waals surface area contributed by atoms with E-state index in [2.05, 4.69) is 26.5 Å². The largest absolute Gasteiger partial charge is 0.478 e. The van der Waals surface area contributed by atoms with Gasteiger partial charge in [-0.05, 0) is 41.4 Å². The Morgan fingerprint density at radius 3 is 2.59 bits per heavy atom. The molecule has 0 saturated carbocycles. The van der Waals surface area contributed by atoms with Crippen LogP contribution in [-0.2, 0) is 17.6 Å². The van der Waals surface area contributed by atoms with E-state index in [0.29, 0.717) is 11.8 Å². The summed E-state index contributed by atoms with van der Waals surface area (Å²) in [6.45, 7) is 8.09. The van der Waals surface area contributed by atoms with Gasteiger partial charge in [-0.15, -0.1) is 0 Å². The second-order valence-corrected chi connectivity index (χ2v) is 5.18. The molecule has 0 radical (unpaired) electrons. The average molecular weight is 230 g/mol. The number of carboxylic acids is 1. The highest BCUT2D eigenvalue weighted by Crippen LogP contribution is 2.32. The first-order valence-electron chi connectivity index (χ1n) is 6.03. The van der Waals surface area contributed by atoms with Crippen molar-refractivity contribution in [3.05, 3.63) is 41.5 Å². The summed E-state index contributed by atoms with van der Waals surface area (Å²) in [5, 5.41) is 8.92. The lowest BCUT2D eigenvalue weighted by molar-refractivity contribution is -0.130. The minimum Gasteiger partial charge on any atom is -0.478 e. The quantitative estimate of drug-likeness (QED) is 0.810. The Kier molecular flexibility index (Phi) is 3.05. The normalized spacial score (nSPS) is 18.2. The Hall–Kier alpha value is -1.57. The van der Waals surface area contributed by atoms with Crippen LogP contribution in [0.3, 0.4) is 0 Å². The predicted octanol–water partition coefficient (Wildman–Crippen LogP) is 3.16. The maximum Gasteiger partial charge on any atom is 0.335 e. The number of rotatable bonds is 3. The minimum absolute atomic E-state index is 0.181. The molecule has 0 aliphatic heterocycles. The summed E-state index contributed by atoms with van der Waals surface area (Å²) in [6, 6.07) is 5.92. The highest BCUT2D eigenvalue weighted by atomic mass is 16.4. The first kappa shape index (κ1) is 11.9. The van der Waals surface area contributed by atoms with Gasteiger partial charge in [-0.25, -0.2) is 4.79 Å². The van der Waals surface area contributed by atoms with Crippen molar-refractivity contribution in [1.82, 2.24) is 0 Å². The Labute approximate surface area is 102 Å². The van der Waals surface area contributed by atoms with Gasteiger partial charge in [0, 0.05) is 0 Å². The van der Waals surface area contributed by atoms with Crippen molar-refractivity contribution in [1.29, 1.82) is 0 Å². The van der Waals surface area contributed by atoms with Crippen molar-refractivity contribution in [3.8, 4) is 0 Å². The van der Waals surface area contributed by atoms with Gasteiger partial charge < -0.3 is 5.11 Å². The summed E-state index contributed by atoms with van der Waals surface area (Å²) in [4.78, 5) is 10.9. The number of carbonyl (C=O) groups is 1. The highest BCUT2D eigenvalue weighted by molar-refractivity contribution is 6.14. The van der Waals surface area contributed by atoms with Crippen LogP contribution in [0.5, 0.6) is 0 Å². The SMILES string of the molecule is C=C(C(=O)O)c1ccc2c(c1)C[C@@H](C(C)C)C2. The summed E-state index contributed by atoms with van der Waals surface area (Å²) in [5.41, 5.74) is 3.58. The summed E-state index contributed by atoms with van der Waals surface area (Å²) < 4.78 is 0. The van der Waals surface area contributed by atoms with Crippen LogP contribution in [0.1, 0.15) is 30.5 Å². The van der Waals surface area contributed by atoms with Crippen LogP contribution in [-0.4, -0.2) is 11.1 Å². The first-order chi connectivity index (χ1) is 7.99. The molecule has 0 heterocycles. The van der Waals surface area contributed by atoms with Crippen LogP contribution in [0.15, 0.2) is 24.8 Å². The molecule has 1 aromatic carbocycles. The first-order valence-corrected chi connectivity index (χ1v) is 6.03. The molecule has 0 aromatic heterocycles. The number of hydrogen-bond donors (Lipinski definition) is 1. The molecule has 0 saturated heterocycles. The van der Waals surface area contributed by atoms with Gasteiger partial charge in [-0.1, -0.05) is 38.6 Å². The van der Waals surface area contributed by atoms with Crippen molar-refractivity contribution in [2.24, 2.45) is 11.8 Å². The fourth-order valence-electron chi connectivity index (χ4n) is 2.43. The molecule has 0 amide bonds. The van der Waals surface area contributed by atoms with Gasteiger partial charge in [0.1, 0.15) is 0 Å². The standard InChI is InChI=1S/C15H18O2/c1-9(2)13-7-12-5-4-11(6-14(12)8-13)10(3)15(16)17/h4-6,9,13H,3,7-8H2,1-2H3,(H,16,17)/t13-/m0/s1. The topological polar surface area (TPSA) is 37.3 Å². The molecule has 0 fully saturated rings. The van der Waals surface area contributed by atoms with E-state index < -0.39 is 5.97 Å². The molecule has 2 nitrogen and oxygen atoms in total. The van der Waals surface area contributed by atoms with Gasteiger partial charge in [0.2, 0.25) is 0 Å². The van der Waals surface area contributed by atoms with Crippen LogP contribution in [0.4, 0.5) is 0 Å². The molecule has 1 aromatic rings. The van der Waals surface area contributed by atoms with Gasteiger partial charge in [-0.3, -0.25) is 0 Å². The lowest BCUT2D eigenvalue weighted by Crippen LogP contribution is -2.07. The summed E-state index contributed by atoms with van der Waals surface area (Å²) in [6.07, 6.45) is 2.18. The molecule has 90 valence electrons. The Bertz CT molecular complexity index is 472. The van der Waals surface area contributed by atoms with E-state index in [4.69, 9.17) is 5.11 Å². The van der Waals surface area contributed by atoms with E-state index in [9.17, 15) is 4.79 Å². The van der Waals surface area contributed by atoms with Gasteiger partial charge >= 0.3 is 5.97 Å². The van der Waals surface area contributed by atoms with E-state index in [0.717, 1.165) is 18.4 Å². The molecule has 1 aliphatic carbocycles. The zero-order chi connectivity index (χ0) is 12.6. The average Bonchev–Trinajstić information content (AvgIpc) is 2.70. The molecule has 0 spiro atoms. The number of benzene rings is 1. The number of hydrogen-bond acceptors (Lipinski definition) is 1. The fourth-order valence-corrected chi connectivity index (χ4v) is 2.43. The lowest BCUT2D eigenvalue weighted by atomic mass is 9.93. The van der Waals surface area contributed by atoms with Crippen molar-refractivity contribution in [3.63, 3.8) is 0 Å². The van der Waals surface area contributed by atoms with E-state index in [-0.39, 0.29) is 5.57 Å². The monoisotopic (exact) mass is 230 g/mol. The maximum absolute atomic E-state index is 10.9. The van der Waals surface area contributed by atoms with Crippen LogP contribution in [0.25, 0.3) is 5.57 Å². The van der Waals surface area contributed by atoms with Gasteiger partial charge in [0.15, 0.2) is 0 Å². The molecule has 0 bridgehead atoms. The predicted molar refractivity (Wildman–Crippen MR) is 68.8 cm³/mol. The Morgan fingerprint density at radius 1 is 1.35 bits per heavy atom. The third kappa shape index (κ3) is 2.26. The molecule has 1 atom stereocenters. The molecule has 0 unspecified atom stereocenters. The molecule has 2 heteroatoms. The molecular weight excluding hydrogens is 212 g/mol. The number of aliphatic carboxylic acids is 1. The Balaban J connectivity index is 2.27. The molecule has 17 heavy (non-hydrogen) atoms. The van der Waals surface area contributed by atoms with E-state index in [1.54, 1.807) is 0 Å². The summed E-state index contributed by atoms with van der Waals surface area (Å²) >= 11 is 0. The van der Waals surface area contributed by atoms with Crippen LogP contribution < -0.4 is 0 Å². The van der Waals surface area contributed by atoms with Crippen LogP contribution in [0.2, 0.25) is 0 Å². The smallest absolute Gasteiger partial charge is 0.335 e. The van der Waals surface area contributed by atoms with Crippen molar-refractivity contribution in [2.75, 3.05) is 0 Å². The van der Waals surface area contributed by atoms with Crippen LogP contribution in [0, 0.1) is 11.8 Å². The fraction of sp³-hybridized carbons (Fsp3) is 0.400. The molecule has 1 aliphatic rings. The van der Waals surface area contributed by atoms with Gasteiger partial charge in [0.25, 0.3) is 0 Å². The summed E-state index contributed by atoms with van der Waals surface area (Å²) in [5.74, 6) is 0.426. The summed E-state index contributed by atoms with van der Waals surface area (Å²) in [7, 11) is 0.